The van der Waals surface area contributed by atoms with Gasteiger partial charge in [0.1, 0.15) is 5.75 Å². The van der Waals surface area contributed by atoms with Crippen LogP contribution in [0.3, 0.4) is 0 Å². The van der Waals surface area contributed by atoms with Gasteiger partial charge in [0.05, 0.1) is 17.5 Å². The summed E-state index contributed by atoms with van der Waals surface area (Å²) in [5.74, 6) is 1.35. The Morgan fingerprint density at radius 2 is 2.00 bits per heavy atom. The lowest BCUT2D eigenvalue weighted by molar-refractivity contribution is -0.133. The molecule has 3 aromatic rings. The van der Waals surface area contributed by atoms with Crippen LogP contribution in [0.25, 0.3) is 5.69 Å². The molecule has 2 aliphatic rings. The maximum atomic E-state index is 13.3. The smallest absolute Gasteiger partial charge is 0.250 e. The predicted octanol–water partition coefficient (Wildman–Crippen LogP) is 2.35. The summed E-state index contributed by atoms with van der Waals surface area (Å²) in [7, 11) is 0. The summed E-state index contributed by atoms with van der Waals surface area (Å²) in [6, 6.07) is 13.0. The topological polar surface area (TPSA) is 95.1 Å². The number of pyridine rings is 1. The zero-order chi connectivity index (χ0) is 22.9. The molecule has 5 rings (SSSR count). The van der Waals surface area contributed by atoms with Crippen molar-refractivity contribution < 1.29 is 9.53 Å². The van der Waals surface area contributed by atoms with E-state index in [1.807, 2.05) is 59.7 Å². The number of likely N-dealkylation sites (tertiary alicyclic amines) is 1. The van der Waals surface area contributed by atoms with Gasteiger partial charge in [-0.2, -0.15) is 4.68 Å². The number of nitrogens with zero attached hydrogens (tertiary/aromatic N) is 6. The molecule has 2 aliphatic heterocycles. The molecule has 1 aromatic carbocycles. The fourth-order valence-electron chi connectivity index (χ4n) is 4.81. The first-order valence-electron chi connectivity index (χ1n) is 11.2. The van der Waals surface area contributed by atoms with Crippen molar-refractivity contribution in [3.63, 3.8) is 0 Å². The van der Waals surface area contributed by atoms with Crippen LogP contribution in [-0.2, 0) is 11.3 Å². The van der Waals surface area contributed by atoms with Gasteiger partial charge in [-0.15, -0.1) is 5.10 Å². The predicted molar refractivity (Wildman–Crippen MR) is 124 cm³/mol. The highest BCUT2D eigenvalue weighted by atomic mass is 32.2. The first-order chi connectivity index (χ1) is 16.0. The van der Waals surface area contributed by atoms with Crippen molar-refractivity contribution in [2.45, 2.75) is 43.1 Å². The highest BCUT2D eigenvalue weighted by Gasteiger charge is 2.37. The quantitative estimate of drug-likeness (QED) is 0.515. The van der Waals surface area contributed by atoms with Gasteiger partial charge in [0, 0.05) is 37.3 Å². The monoisotopic (exact) mass is 466 g/mol. The molecule has 0 aliphatic carbocycles. The first kappa shape index (κ1) is 21.7. The highest BCUT2D eigenvalue weighted by molar-refractivity contribution is 8.00. The lowest BCUT2D eigenvalue weighted by Gasteiger charge is -2.43. The lowest BCUT2D eigenvalue weighted by atomic mass is 9.83. The molecule has 0 saturated carbocycles. The Bertz CT molecular complexity index is 1210. The van der Waals surface area contributed by atoms with Crippen LogP contribution in [0.15, 0.2) is 52.4 Å². The van der Waals surface area contributed by atoms with E-state index in [2.05, 4.69) is 15.5 Å². The Morgan fingerprint density at radius 3 is 2.79 bits per heavy atom. The SMILES string of the molecule is CCOc1ccc(-n2nnnc2S[C@H](C)C(=O)N2C[C@H]3C[C@@H](C2)c2cccc(=O)n2C3)cc1. The normalized spacial score (nSPS) is 20.2. The van der Waals surface area contributed by atoms with Crippen molar-refractivity contribution in [1.29, 1.82) is 0 Å². The largest absolute Gasteiger partial charge is 0.494 e. The Balaban J connectivity index is 1.29. The van der Waals surface area contributed by atoms with Crippen molar-refractivity contribution >= 4 is 17.7 Å². The van der Waals surface area contributed by atoms with E-state index < -0.39 is 0 Å². The molecular weight excluding hydrogens is 440 g/mol. The number of fused-ring (bicyclic) bond motifs is 4. The summed E-state index contributed by atoms with van der Waals surface area (Å²) >= 11 is 1.35. The molecule has 172 valence electrons. The second-order valence-corrected chi connectivity index (χ2v) is 9.81. The van der Waals surface area contributed by atoms with E-state index in [-0.39, 0.29) is 22.6 Å². The van der Waals surface area contributed by atoms with E-state index in [1.54, 1.807) is 10.7 Å². The highest BCUT2D eigenvalue weighted by Crippen LogP contribution is 2.36. The van der Waals surface area contributed by atoms with Gasteiger partial charge < -0.3 is 14.2 Å². The van der Waals surface area contributed by atoms with Crippen molar-refractivity contribution in [2.24, 2.45) is 5.92 Å². The third kappa shape index (κ3) is 4.27. The lowest BCUT2D eigenvalue weighted by Crippen LogP contribution is -2.50. The summed E-state index contributed by atoms with van der Waals surface area (Å²) in [5.41, 5.74) is 1.89. The minimum absolute atomic E-state index is 0.0482. The van der Waals surface area contributed by atoms with Crippen LogP contribution in [0.2, 0.25) is 0 Å². The molecule has 0 spiro atoms. The molecule has 2 aromatic heterocycles. The van der Waals surface area contributed by atoms with Crippen LogP contribution in [0.4, 0.5) is 0 Å². The molecule has 4 heterocycles. The number of hydrogen-bond acceptors (Lipinski definition) is 7. The Kier molecular flexibility index (Phi) is 5.92. The number of benzene rings is 1. The van der Waals surface area contributed by atoms with Crippen LogP contribution in [0, 0.1) is 5.92 Å². The van der Waals surface area contributed by atoms with Crippen molar-refractivity contribution in [1.82, 2.24) is 29.7 Å². The minimum atomic E-state index is -0.339. The molecule has 1 amide bonds. The van der Waals surface area contributed by atoms with Crippen LogP contribution in [0.5, 0.6) is 5.75 Å². The molecule has 10 heteroatoms. The number of hydrogen-bond donors (Lipinski definition) is 0. The van der Waals surface area contributed by atoms with Gasteiger partial charge in [0.15, 0.2) is 0 Å². The number of ether oxygens (including phenoxy) is 1. The van der Waals surface area contributed by atoms with Gasteiger partial charge in [-0.1, -0.05) is 17.8 Å². The number of carbonyl (C=O) groups is 1. The van der Waals surface area contributed by atoms with Gasteiger partial charge in [-0.3, -0.25) is 9.59 Å². The standard InChI is InChI=1S/C23H26N6O3S/c1-3-32-19-9-7-18(8-10-19)29-23(24-25-26-29)33-15(2)22(31)27-12-16-11-17(14-27)20-5-4-6-21(30)28(20)13-16/h4-10,15-17H,3,11-14H2,1-2H3/t15-,16-,17+/m1/s1. The van der Waals surface area contributed by atoms with Gasteiger partial charge in [0.2, 0.25) is 11.1 Å². The molecule has 1 saturated heterocycles. The number of rotatable bonds is 6. The number of aromatic nitrogens is 5. The molecule has 33 heavy (non-hydrogen) atoms. The maximum Gasteiger partial charge on any atom is 0.250 e. The number of tetrazole rings is 1. The fraction of sp³-hybridized carbons (Fsp3) is 0.435. The van der Waals surface area contributed by atoms with Crippen molar-refractivity contribution in [3.05, 3.63) is 58.5 Å². The van der Waals surface area contributed by atoms with Crippen LogP contribution >= 0.6 is 11.8 Å². The number of amides is 1. The third-order valence-electron chi connectivity index (χ3n) is 6.25. The molecule has 0 unspecified atom stereocenters. The molecule has 2 bridgehead atoms. The summed E-state index contributed by atoms with van der Waals surface area (Å²) in [5, 5.41) is 12.3. The Hall–Kier alpha value is -3.14. The maximum absolute atomic E-state index is 13.3. The average molecular weight is 467 g/mol. The first-order valence-corrected chi connectivity index (χ1v) is 12.1. The zero-order valence-electron chi connectivity index (χ0n) is 18.6. The minimum Gasteiger partial charge on any atom is -0.494 e. The van der Waals surface area contributed by atoms with Gasteiger partial charge >= 0.3 is 0 Å². The second-order valence-electron chi connectivity index (χ2n) is 8.50. The molecular formula is C23H26N6O3S. The van der Waals surface area contributed by atoms with E-state index in [9.17, 15) is 9.59 Å². The summed E-state index contributed by atoms with van der Waals surface area (Å²) in [6.07, 6.45) is 1.02. The van der Waals surface area contributed by atoms with E-state index >= 15 is 0 Å². The number of carbonyl (C=O) groups excluding carboxylic acids is 1. The fourth-order valence-corrected chi connectivity index (χ4v) is 5.70. The van der Waals surface area contributed by atoms with E-state index in [0.29, 0.717) is 37.3 Å². The summed E-state index contributed by atoms with van der Waals surface area (Å²) in [6.45, 7) is 6.42. The van der Waals surface area contributed by atoms with Crippen molar-refractivity contribution in [2.75, 3.05) is 19.7 Å². The molecule has 3 atom stereocenters. The summed E-state index contributed by atoms with van der Waals surface area (Å²) in [4.78, 5) is 27.5. The zero-order valence-corrected chi connectivity index (χ0v) is 19.4. The third-order valence-corrected chi connectivity index (χ3v) is 7.28. The average Bonchev–Trinajstić information content (AvgIpc) is 3.28. The second kappa shape index (κ2) is 9.01. The number of thioether (sulfide) groups is 1. The molecule has 0 N–H and O–H groups in total. The van der Waals surface area contributed by atoms with E-state index in [4.69, 9.17) is 4.74 Å². The van der Waals surface area contributed by atoms with E-state index in [1.165, 1.54) is 11.8 Å². The van der Waals surface area contributed by atoms with Gasteiger partial charge in [0.25, 0.3) is 5.56 Å². The molecule has 1 fully saturated rings. The van der Waals surface area contributed by atoms with Crippen molar-refractivity contribution in [3.8, 4) is 11.4 Å². The Morgan fingerprint density at radius 1 is 1.18 bits per heavy atom. The van der Waals surface area contributed by atoms with Crippen LogP contribution in [-0.4, -0.2) is 60.5 Å². The van der Waals surface area contributed by atoms with E-state index in [0.717, 1.165) is 23.6 Å². The Labute approximate surface area is 195 Å². The molecule has 0 radical (unpaired) electrons. The number of piperidine rings is 1. The van der Waals surface area contributed by atoms with Crippen LogP contribution < -0.4 is 10.3 Å². The summed E-state index contributed by atoms with van der Waals surface area (Å²) < 4.78 is 9.01. The van der Waals surface area contributed by atoms with Crippen LogP contribution in [0.1, 0.15) is 31.9 Å². The van der Waals surface area contributed by atoms with Gasteiger partial charge in [-0.05, 0) is 66.9 Å². The molecule has 9 nitrogen and oxygen atoms in total. The van der Waals surface area contributed by atoms with Gasteiger partial charge in [-0.25, -0.2) is 0 Å².